The fourth-order valence-electron chi connectivity index (χ4n) is 2.88. The molecule has 1 fully saturated rings. The van der Waals surface area contributed by atoms with Gasteiger partial charge in [-0.1, -0.05) is 19.9 Å². The molecule has 0 aliphatic carbocycles. The molecule has 0 bridgehead atoms. The second-order valence-electron chi connectivity index (χ2n) is 5.86. The topological polar surface area (TPSA) is 37.4 Å². The predicted molar refractivity (Wildman–Crippen MR) is 81.9 cm³/mol. The van der Waals surface area contributed by atoms with Crippen LogP contribution < -0.4 is 10.1 Å². The molecule has 0 aromatic carbocycles. The van der Waals surface area contributed by atoms with Crippen LogP contribution in [0.15, 0.2) is 18.2 Å². The first-order valence-electron chi connectivity index (χ1n) is 7.65. The van der Waals surface area contributed by atoms with Crippen molar-refractivity contribution >= 4 is 0 Å². The number of nitrogens with zero attached hydrogens (tertiary/aromatic N) is 2. The van der Waals surface area contributed by atoms with Crippen LogP contribution >= 0.6 is 0 Å². The van der Waals surface area contributed by atoms with E-state index in [0.717, 1.165) is 18.8 Å². The summed E-state index contributed by atoms with van der Waals surface area (Å²) in [5, 5.41) is 3.55. The molecule has 1 unspecified atom stereocenters. The third-order valence-corrected chi connectivity index (χ3v) is 4.03. The second kappa shape index (κ2) is 7.60. The molecule has 1 saturated heterocycles. The Morgan fingerprint density at radius 2 is 2.05 bits per heavy atom. The number of hydrogen-bond acceptors (Lipinski definition) is 4. The average Bonchev–Trinajstić information content (AvgIpc) is 2.97. The molecule has 1 aliphatic rings. The van der Waals surface area contributed by atoms with Crippen molar-refractivity contribution in [2.45, 2.75) is 39.3 Å². The lowest BCUT2D eigenvalue weighted by Crippen LogP contribution is -2.44. The van der Waals surface area contributed by atoms with E-state index < -0.39 is 0 Å². The van der Waals surface area contributed by atoms with E-state index in [1.165, 1.54) is 25.9 Å². The van der Waals surface area contributed by atoms with Gasteiger partial charge in [0, 0.05) is 25.2 Å². The second-order valence-corrected chi connectivity index (χ2v) is 5.86. The third kappa shape index (κ3) is 4.18. The first-order valence-corrected chi connectivity index (χ1v) is 7.65. The average molecular weight is 277 g/mol. The van der Waals surface area contributed by atoms with Gasteiger partial charge < -0.3 is 10.1 Å². The Balaban J connectivity index is 1.83. The van der Waals surface area contributed by atoms with E-state index in [1.54, 1.807) is 7.11 Å². The molecule has 4 nitrogen and oxygen atoms in total. The van der Waals surface area contributed by atoms with E-state index in [9.17, 15) is 0 Å². The van der Waals surface area contributed by atoms with Crippen LogP contribution in [-0.2, 0) is 6.54 Å². The van der Waals surface area contributed by atoms with E-state index in [1.807, 2.05) is 18.2 Å². The number of aromatic nitrogens is 1. The van der Waals surface area contributed by atoms with Crippen molar-refractivity contribution in [1.29, 1.82) is 0 Å². The Hall–Kier alpha value is -1.13. The fourth-order valence-corrected chi connectivity index (χ4v) is 2.88. The number of methoxy groups -OCH3 is 1. The molecule has 1 aromatic rings. The summed E-state index contributed by atoms with van der Waals surface area (Å²) in [5.41, 5.74) is 1.04. The molecule has 0 spiro atoms. The maximum absolute atomic E-state index is 5.15. The van der Waals surface area contributed by atoms with Gasteiger partial charge in [0.15, 0.2) is 0 Å². The van der Waals surface area contributed by atoms with Gasteiger partial charge in [0.2, 0.25) is 5.88 Å². The first-order chi connectivity index (χ1) is 9.70. The maximum atomic E-state index is 5.15. The molecule has 1 N–H and O–H groups in total. The summed E-state index contributed by atoms with van der Waals surface area (Å²) < 4.78 is 5.15. The van der Waals surface area contributed by atoms with Gasteiger partial charge in [-0.3, -0.25) is 4.90 Å². The van der Waals surface area contributed by atoms with Gasteiger partial charge in [-0.15, -0.1) is 0 Å². The highest BCUT2D eigenvalue weighted by atomic mass is 16.5. The number of nitrogens with one attached hydrogen (secondary N) is 1. The van der Waals surface area contributed by atoms with Crippen LogP contribution in [0.3, 0.4) is 0 Å². The Kier molecular flexibility index (Phi) is 5.80. The molecule has 0 radical (unpaired) electrons. The smallest absolute Gasteiger partial charge is 0.213 e. The summed E-state index contributed by atoms with van der Waals surface area (Å²) in [6.07, 6.45) is 2.70. The van der Waals surface area contributed by atoms with Crippen LogP contribution in [0.5, 0.6) is 5.88 Å². The Morgan fingerprint density at radius 1 is 1.30 bits per heavy atom. The minimum absolute atomic E-state index is 0.628. The third-order valence-electron chi connectivity index (χ3n) is 4.03. The number of likely N-dealkylation sites (tertiary alicyclic amines) is 1. The molecule has 4 heteroatoms. The number of hydrogen-bond donors (Lipinski definition) is 1. The van der Waals surface area contributed by atoms with Crippen LogP contribution in [0.2, 0.25) is 0 Å². The highest BCUT2D eigenvalue weighted by Crippen LogP contribution is 2.17. The zero-order valence-electron chi connectivity index (χ0n) is 12.9. The molecule has 20 heavy (non-hydrogen) atoms. The SMILES string of the molecule is COc1cccc(CNCC(C(C)C)N2CCCC2)n1. The Bertz CT molecular complexity index is 402. The van der Waals surface area contributed by atoms with Crippen molar-refractivity contribution in [1.82, 2.24) is 15.2 Å². The van der Waals surface area contributed by atoms with Gasteiger partial charge in [-0.05, 0) is 37.9 Å². The quantitative estimate of drug-likeness (QED) is 0.830. The molecule has 0 amide bonds. The van der Waals surface area contributed by atoms with Gasteiger partial charge in [0.05, 0.1) is 12.8 Å². The van der Waals surface area contributed by atoms with Crippen molar-refractivity contribution in [3.8, 4) is 5.88 Å². The molecule has 2 rings (SSSR count). The van der Waals surface area contributed by atoms with E-state index >= 15 is 0 Å². The van der Waals surface area contributed by atoms with Gasteiger partial charge in [-0.2, -0.15) is 0 Å². The van der Waals surface area contributed by atoms with E-state index in [0.29, 0.717) is 17.8 Å². The predicted octanol–water partition coefficient (Wildman–Crippen LogP) is 2.30. The number of rotatable bonds is 7. The molecule has 0 saturated carbocycles. The van der Waals surface area contributed by atoms with E-state index in [4.69, 9.17) is 4.74 Å². The lowest BCUT2D eigenvalue weighted by Gasteiger charge is -2.31. The summed E-state index contributed by atoms with van der Waals surface area (Å²) in [7, 11) is 1.65. The summed E-state index contributed by atoms with van der Waals surface area (Å²) >= 11 is 0. The zero-order chi connectivity index (χ0) is 14.4. The first kappa shape index (κ1) is 15.3. The van der Waals surface area contributed by atoms with Crippen molar-refractivity contribution in [2.24, 2.45) is 5.92 Å². The molecule has 112 valence electrons. The fraction of sp³-hybridized carbons (Fsp3) is 0.688. The number of pyridine rings is 1. The van der Waals surface area contributed by atoms with Crippen molar-refractivity contribution in [2.75, 3.05) is 26.7 Å². The molecular formula is C16H27N3O. The molecule has 2 heterocycles. The lowest BCUT2D eigenvalue weighted by molar-refractivity contribution is 0.186. The van der Waals surface area contributed by atoms with Gasteiger partial charge in [-0.25, -0.2) is 4.98 Å². The van der Waals surface area contributed by atoms with Crippen molar-refractivity contribution in [3.05, 3.63) is 23.9 Å². The highest BCUT2D eigenvalue weighted by molar-refractivity contribution is 5.15. The summed E-state index contributed by atoms with van der Waals surface area (Å²) in [5.74, 6) is 1.36. The van der Waals surface area contributed by atoms with Crippen LogP contribution in [0.1, 0.15) is 32.4 Å². The number of ether oxygens (including phenoxy) is 1. The van der Waals surface area contributed by atoms with Crippen LogP contribution in [-0.4, -0.2) is 42.7 Å². The van der Waals surface area contributed by atoms with Gasteiger partial charge in [0.1, 0.15) is 0 Å². The van der Waals surface area contributed by atoms with E-state index in [-0.39, 0.29) is 0 Å². The minimum atomic E-state index is 0.628. The van der Waals surface area contributed by atoms with Crippen molar-refractivity contribution in [3.63, 3.8) is 0 Å². The Labute approximate surface area is 122 Å². The monoisotopic (exact) mass is 277 g/mol. The lowest BCUT2D eigenvalue weighted by atomic mass is 10.0. The highest BCUT2D eigenvalue weighted by Gasteiger charge is 2.23. The summed E-state index contributed by atoms with van der Waals surface area (Å²) in [6.45, 7) is 8.96. The molecule has 1 atom stereocenters. The minimum Gasteiger partial charge on any atom is -0.481 e. The van der Waals surface area contributed by atoms with Crippen LogP contribution in [0.4, 0.5) is 0 Å². The summed E-state index contributed by atoms with van der Waals surface area (Å²) in [4.78, 5) is 7.05. The molecule has 1 aromatic heterocycles. The zero-order valence-corrected chi connectivity index (χ0v) is 12.9. The van der Waals surface area contributed by atoms with Crippen LogP contribution in [0.25, 0.3) is 0 Å². The molecular weight excluding hydrogens is 250 g/mol. The Morgan fingerprint density at radius 3 is 2.70 bits per heavy atom. The normalized spacial score (nSPS) is 17.6. The van der Waals surface area contributed by atoms with Gasteiger partial charge >= 0.3 is 0 Å². The van der Waals surface area contributed by atoms with Gasteiger partial charge in [0.25, 0.3) is 0 Å². The summed E-state index contributed by atoms with van der Waals surface area (Å²) in [6, 6.07) is 6.53. The largest absolute Gasteiger partial charge is 0.481 e. The molecule has 1 aliphatic heterocycles. The van der Waals surface area contributed by atoms with Crippen LogP contribution in [0, 0.1) is 5.92 Å². The maximum Gasteiger partial charge on any atom is 0.213 e. The van der Waals surface area contributed by atoms with Crippen molar-refractivity contribution < 1.29 is 4.74 Å². The standard InChI is InChI=1S/C16H27N3O/c1-13(2)15(19-9-4-5-10-19)12-17-11-14-7-6-8-16(18-14)20-3/h6-8,13,15,17H,4-5,9-12H2,1-3H3. The van der Waals surface area contributed by atoms with E-state index in [2.05, 4.69) is 29.0 Å².